The number of aliphatic carboxylic acids is 1. The number of carboxylic acids is 1. The summed E-state index contributed by atoms with van der Waals surface area (Å²) in [5.74, 6) is -2.22. The number of aromatic nitrogens is 1. The Bertz CT molecular complexity index is 545. The summed E-state index contributed by atoms with van der Waals surface area (Å²) in [5.41, 5.74) is 1.07. The molecule has 0 amide bonds. The Balaban J connectivity index is 2.41. The van der Waals surface area contributed by atoms with Crippen LogP contribution in [0.25, 0.3) is 11.1 Å². The summed E-state index contributed by atoms with van der Waals surface area (Å²) in [6.07, 6.45) is -0.245. The van der Waals surface area contributed by atoms with Crippen molar-refractivity contribution in [3.8, 4) is 0 Å². The molecule has 1 atom stereocenters. The van der Waals surface area contributed by atoms with Crippen LogP contribution in [-0.4, -0.2) is 21.2 Å². The molecule has 0 aliphatic rings. The first kappa shape index (κ1) is 11.7. The number of fused-ring (bicyclic) bond motifs is 1. The number of carbonyl (C=O) groups is 2. The highest BCUT2D eigenvalue weighted by atomic mass is 32.1. The molecule has 17 heavy (non-hydrogen) atoms. The minimum Gasteiger partial charge on any atom is -0.481 e. The molecule has 6 heteroatoms. The van der Waals surface area contributed by atoms with Crippen molar-refractivity contribution in [2.45, 2.75) is 12.3 Å². The number of benzene rings is 1. The molecule has 88 valence electrons. The third kappa shape index (κ3) is 2.47. The summed E-state index contributed by atoms with van der Waals surface area (Å²) < 4.78 is 5.31. The van der Waals surface area contributed by atoms with Crippen molar-refractivity contribution in [3.05, 3.63) is 30.2 Å². The lowest BCUT2D eigenvalue weighted by Crippen LogP contribution is -2.14. The highest BCUT2D eigenvalue weighted by Gasteiger charge is 2.27. The number of carboxylic acid groups (broad SMARTS) is 1. The van der Waals surface area contributed by atoms with Gasteiger partial charge in [0, 0.05) is 6.42 Å². The summed E-state index contributed by atoms with van der Waals surface area (Å²) >= 11 is 3.57. The van der Waals surface area contributed by atoms with Gasteiger partial charge in [-0.2, -0.15) is 0 Å². The monoisotopic (exact) mass is 251 g/mol. The largest absolute Gasteiger partial charge is 0.481 e. The van der Waals surface area contributed by atoms with Crippen LogP contribution in [0.4, 0.5) is 0 Å². The minimum absolute atomic E-state index is 0.0288. The molecular formula is C11H9NO4S. The quantitative estimate of drug-likeness (QED) is 0.810. The van der Waals surface area contributed by atoms with Gasteiger partial charge in [-0.05, 0) is 12.1 Å². The van der Waals surface area contributed by atoms with Crippen LogP contribution >= 0.6 is 12.6 Å². The van der Waals surface area contributed by atoms with Gasteiger partial charge < -0.3 is 9.52 Å². The number of hydrogen-bond acceptors (Lipinski definition) is 4. The van der Waals surface area contributed by atoms with Gasteiger partial charge in [0.05, 0.1) is 0 Å². The van der Waals surface area contributed by atoms with E-state index < -0.39 is 17.0 Å². The highest BCUT2D eigenvalue weighted by Crippen LogP contribution is 2.24. The van der Waals surface area contributed by atoms with Gasteiger partial charge in [-0.25, -0.2) is 4.98 Å². The first-order valence-electron chi connectivity index (χ1n) is 4.88. The molecule has 1 aromatic carbocycles. The van der Waals surface area contributed by atoms with Crippen molar-refractivity contribution < 1.29 is 19.1 Å². The molecule has 0 bridgehead atoms. The SMILES string of the molecule is O=C(S)CC(C(=O)O)c1nc2ccccc2o1. The molecule has 1 heterocycles. The second-order valence-corrected chi connectivity index (χ2v) is 4.01. The average molecular weight is 251 g/mol. The molecular weight excluding hydrogens is 242 g/mol. The van der Waals surface area contributed by atoms with Crippen molar-refractivity contribution in [1.29, 1.82) is 0 Å². The lowest BCUT2D eigenvalue weighted by atomic mass is 10.1. The van der Waals surface area contributed by atoms with E-state index in [2.05, 4.69) is 17.6 Å². The predicted octanol–water partition coefficient (Wildman–Crippen LogP) is 1.84. The number of carbonyl (C=O) groups excluding carboxylic acids is 1. The highest BCUT2D eigenvalue weighted by molar-refractivity contribution is 7.96. The van der Waals surface area contributed by atoms with Gasteiger partial charge in [0.25, 0.3) is 0 Å². The summed E-state index contributed by atoms with van der Waals surface area (Å²) in [5, 5.41) is 8.50. The predicted molar refractivity (Wildman–Crippen MR) is 63.0 cm³/mol. The Morgan fingerprint density at radius 2 is 2.12 bits per heavy atom. The maximum Gasteiger partial charge on any atom is 0.316 e. The maximum atomic E-state index is 11.0. The zero-order valence-corrected chi connectivity index (χ0v) is 9.55. The van der Waals surface area contributed by atoms with E-state index in [9.17, 15) is 9.59 Å². The molecule has 0 radical (unpaired) electrons. The van der Waals surface area contributed by atoms with Crippen LogP contribution in [0.2, 0.25) is 0 Å². The van der Waals surface area contributed by atoms with Crippen LogP contribution in [0.1, 0.15) is 18.2 Å². The molecule has 0 saturated heterocycles. The van der Waals surface area contributed by atoms with Crippen LogP contribution in [0.15, 0.2) is 28.7 Å². The van der Waals surface area contributed by atoms with E-state index in [0.717, 1.165) is 0 Å². The van der Waals surface area contributed by atoms with E-state index in [-0.39, 0.29) is 12.3 Å². The van der Waals surface area contributed by atoms with E-state index in [1.165, 1.54) is 0 Å². The summed E-state index contributed by atoms with van der Waals surface area (Å²) in [7, 11) is 0. The normalized spacial score (nSPS) is 12.5. The van der Waals surface area contributed by atoms with Crippen molar-refractivity contribution in [3.63, 3.8) is 0 Å². The topological polar surface area (TPSA) is 80.4 Å². The van der Waals surface area contributed by atoms with Crippen LogP contribution in [0.3, 0.4) is 0 Å². The van der Waals surface area contributed by atoms with Gasteiger partial charge >= 0.3 is 5.97 Å². The molecule has 1 unspecified atom stereocenters. The van der Waals surface area contributed by atoms with Crippen LogP contribution in [0.5, 0.6) is 0 Å². The third-order valence-corrected chi connectivity index (χ3v) is 2.47. The molecule has 0 aliphatic heterocycles. The Labute approximate surface area is 102 Å². The molecule has 5 nitrogen and oxygen atoms in total. The van der Waals surface area contributed by atoms with Gasteiger partial charge in [-0.15, -0.1) is 12.6 Å². The van der Waals surface area contributed by atoms with Crippen LogP contribution < -0.4 is 0 Å². The molecule has 0 aliphatic carbocycles. The lowest BCUT2D eigenvalue weighted by Gasteiger charge is -2.04. The molecule has 1 N–H and O–H groups in total. The molecule has 0 fully saturated rings. The maximum absolute atomic E-state index is 11.0. The fraction of sp³-hybridized carbons (Fsp3) is 0.182. The van der Waals surface area contributed by atoms with Gasteiger partial charge in [-0.3, -0.25) is 9.59 Å². The van der Waals surface area contributed by atoms with Crippen molar-refractivity contribution >= 4 is 34.8 Å². The van der Waals surface area contributed by atoms with Crippen molar-refractivity contribution in [1.82, 2.24) is 4.98 Å². The first-order valence-corrected chi connectivity index (χ1v) is 5.32. The van der Waals surface area contributed by atoms with Gasteiger partial charge in [0.1, 0.15) is 11.4 Å². The van der Waals surface area contributed by atoms with Crippen LogP contribution in [0, 0.1) is 0 Å². The fourth-order valence-electron chi connectivity index (χ4n) is 1.49. The smallest absolute Gasteiger partial charge is 0.316 e. The van der Waals surface area contributed by atoms with E-state index in [0.29, 0.717) is 11.1 Å². The van der Waals surface area contributed by atoms with Crippen LogP contribution in [-0.2, 0) is 9.59 Å². The Morgan fingerprint density at radius 3 is 2.71 bits per heavy atom. The average Bonchev–Trinajstić information content (AvgIpc) is 2.68. The second kappa shape index (κ2) is 4.58. The molecule has 0 spiro atoms. The van der Waals surface area contributed by atoms with Crippen molar-refractivity contribution in [2.75, 3.05) is 0 Å². The Morgan fingerprint density at radius 1 is 1.41 bits per heavy atom. The summed E-state index contributed by atoms with van der Waals surface area (Å²) in [6.45, 7) is 0. The Hall–Kier alpha value is -1.82. The lowest BCUT2D eigenvalue weighted by molar-refractivity contribution is -0.140. The number of rotatable bonds is 4. The number of para-hydroxylation sites is 2. The van der Waals surface area contributed by atoms with Crippen molar-refractivity contribution in [2.24, 2.45) is 0 Å². The zero-order valence-electron chi connectivity index (χ0n) is 8.66. The number of nitrogens with zero attached hydrogens (tertiary/aromatic N) is 1. The molecule has 1 aromatic heterocycles. The van der Waals surface area contributed by atoms with Gasteiger partial charge in [0.15, 0.2) is 10.7 Å². The number of thiol groups is 1. The zero-order chi connectivity index (χ0) is 12.4. The van der Waals surface area contributed by atoms with Gasteiger partial charge in [0.2, 0.25) is 5.89 Å². The van der Waals surface area contributed by atoms with Gasteiger partial charge in [-0.1, -0.05) is 12.1 Å². The number of hydrogen-bond donors (Lipinski definition) is 2. The fourth-order valence-corrected chi connectivity index (χ4v) is 1.68. The molecule has 2 rings (SSSR count). The van der Waals surface area contributed by atoms with E-state index >= 15 is 0 Å². The third-order valence-electron chi connectivity index (χ3n) is 2.29. The number of oxazole rings is 1. The Kier molecular flexibility index (Phi) is 3.14. The molecule has 0 saturated carbocycles. The first-order chi connectivity index (χ1) is 8.08. The van der Waals surface area contributed by atoms with E-state index in [1.54, 1.807) is 24.3 Å². The van der Waals surface area contributed by atoms with E-state index in [4.69, 9.17) is 9.52 Å². The standard InChI is InChI=1S/C11H9NO4S/c13-9(17)5-6(11(14)15)10-12-7-3-1-2-4-8(7)16-10/h1-4,6H,5H2,(H,13,17)(H,14,15). The molecule has 2 aromatic rings. The van der Waals surface area contributed by atoms with E-state index in [1.807, 2.05) is 0 Å². The second-order valence-electron chi connectivity index (χ2n) is 3.51. The minimum atomic E-state index is -1.15. The summed E-state index contributed by atoms with van der Waals surface area (Å²) in [4.78, 5) is 26.0. The summed E-state index contributed by atoms with van der Waals surface area (Å²) in [6, 6.07) is 6.93.